The normalized spacial score (nSPS) is 11.8. The van der Waals surface area contributed by atoms with Gasteiger partial charge in [0.1, 0.15) is 6.04 Å². The number of amides is 2. The van der Waals surface area contributed by atoms with Gasteiger partial charge in [0.25, 0.3) is 11.8 Å². The van der Waals surface area contributed by atoms with Crippen molar-refractivity contribution in [2.75, 3.05) is 5.32 Å². The Morgan fingerprint density at radius 3 is 2.42 bits per heavy atom. The van der Waals surface area contributed by atoms with Crippen LogP contribution in [0.2, 0.25) is 0 Å². The number of aryl methyl sites for hydroxylation is 1. The lowest BCUT2D eigenvalue weighted by molar-refractivity contribution is -0.139. The molecule has 1 aromatic carbocycles. The summed E-state index contributed by atoms with van der Waals surface area (Å²) in [5.74, 6) is -1.56. The van der Waals surface area contributed by atoms with Crippen LogP contribution in [0.3, 0.4) is 0 Å². The molecule has 0 radical (unpaired) electrons. The number of thiophene rings is 1. The topological polar surface area (TPSA) is 95.5 Å². The fraction of sp³-hybridized carbons (Fsp3) is 0.316. The van der Waals surface area contributed by atoms with Crippen molar-refractivity contribution in [3.05, 3.63) is 51.7 Å². The molecule has 1 aromatic heterocycles. The molecular weight excluding hydrogens is 352 g/mol. The van der Waals surface area contributed by atoms with E-state index in [9.17, 15) is 19.5 Å². The first-order valence-electron chi connectivity index (χ1n) is 8.27. The van der Waals surface area contributed by atoms with Gasteiger partial charge in [0.15, 0.2) is 0 Å². The highest BCUT2D eigenvalue weighted by molar-refractivity contribution is 7.12. The molecule has 1 heterocycles. The second-order valence-electron chi connectivity index (χ2n) is 6.45. The number of nitrogens with one attached hydrogen (secondary N) is 2. The summed E-state index contributed by atoms with van der Waals surface area (Å²) >= 11 is 1.35. The highest BCUT2D eigenvalue weighted by Gasteiger charge is 2.22. The molecule has 1 unspecified atom stereocenters. The van der Waals surface area contributed by atoms with Gasteiger partial charge in [-0.1, -0.05) is 19.9 Å². The molecule has 6 nitrogen and oxygen atoms in total. The summed E-state index contributed by atoms with van der Waals surface area (Å²) < 4.78 is 0. The first-order chi connectivity index (χ1) is 12.3. The first kappa shape index (κ1) is 19.7. The average Bonchev–Trinajstić information content (AvgIpc) is 3.10. The van der Waals surface area contributed by atoms with Gasteiger partial charge in [0.05, 0.1) is 4.88 Å². The lowest BCUT2D eigenvalue weighted by atomic mass is 10.0. The number of benzene rings is 1. The van der Waals surface area contributed by atoms with E-state index in [0.29, 0.717) is 22.5 Å². The lowest BCUT2D eigenvalue weighted by Gasteiger charge is -2.17. The maximum atomic E-state index is 12.4. The van der Waals surface area contributed by atoms with Crippen molar-refractivity contribution in [3.63, 3.8) is 0 Å². The number of anilines is 1. The number of carbonyl (C=O) groups excluding carboxylic acids is 2. The standard InChI is InChI=1S/C19H22N2O4S/c1-11(2)9-15(19(24)25)21-17(22)13-6-7-14(12(3)10-13)20-18(23)16-5-4-8-26-16/h4-8,10-11,15H,9H2,1-3H3,(H,20,23)(H,21,22)(H,24,25). The SMILES string of the molecule is Cc1cc(C(=O)NC(CC(C)C)C(=O)O)ccc1NC(=O)c1cccs1. The van der Waals surface area contributed by atoms with Gasteiger partial charge in [-0.25, -0.2) is 4.79 Å². The van der Waals surface area contributed by atoms with Crippen molar-refractivity contribution in [2.24, 2.45) is 5.92 Å². The Bertz CT molecular complexity index is 800. The minimum Gasteiger partial charge on any atom is -0.480 e. The second-order valence-corrected chi connectivity index (χ2v) is 7.40. The van der Waals surface area contributed by atoms with Crippen LogP contribution in [0.25, 0.3) is 0 Å². The number of carboxylic acids is 1. The third kappa shape index (κ3) is 5.16. The summed E-state index contributed by atoms with van der Waals surface area (Å²) in [4.78, 5) is 36.4. The van der Waals surface area contributed by atoms with E-state index >= 15 is 0 Å². The maximum absolute atomic E-state index is 12.4. The highest BCUT2D eigenvalue weighted by atomic mass is 32.1. The van der Waals surface area contributed by atoms with Crippen molar-refractivity contribution >= 4 is 34.8 Å². The third-order valence-corrected chi connectivity index (χ3v) is 4.66. The molecule has 0 aliphatic carbocycles. The molecule has 3 N–H and O–H groups in total. The number of aliphatic carboxylic acids is 1. The van der Waals surface area contributed by atoms with Gasteiger partial charge < -0.3 is 15.7 Å². The minimum absolute atomic E-state index is 0.146. The maximum Gasteiger partial charge on any atom is 0.326 e. The molecule has 2 amide bonds. The summed E-state index contributed by atoms with van der Waals surface area (Å²) in [6.07, 6.45) is 0.356. The quantitative estimate of drug-likeness (QED) is 0.691. The summed E-state index contributed by atoms with van der Waals surface area (Å²) in [6, 6.07) is 7.46. The van der Waals surface area contributed by atoms with Gasteiger partial charge in [-0.15, -0.1) is 11.3 Å². The van der Waals surface area contributed by atoms with Crippen LogP contribution in [-0.2, 0) is 4.79 Å². The van der Waals surface area contributed by atoms with Crippen molar-refractivity contribution < 1.29 is 19.5 Å². The number of carbonyl (C=O) groups is 3. The van der Waals surface area contributed by atoms with Crippen LogP contribution in [-0.4, -0.2) is 28.9 Å². The first-order valence-corrected chi connectivity index (χ1v) is 9.15. The fourth-order valence-electron chi connectivity index (χ4n) is 2.47. The van der Waals surface area contributed by atoms with Crippen molar-refractivity contribution in [3.8, 4) is 0 Å². The molecule has 138 valence electrons. The molecular formula is C19H22N2O4S. The van der Waals surface area contributed by atoms with Gasteiger partial charge in [-0.05, 0) is 54.5 Å². The summed E-state index contributed by atoms with van der Waals surface area (Å²) in [5.41, 5.74) is 1.68. The van der Waals surface area contributed by atoms with Crippen LogP contribution in [0.4, 0.5) is 5.69 Å². The van der Waals surface area contributed by atoms with Crippen molar-refractivity contribution in [1.29, 1.82) is 0 Å². The van der Waals surface area contributed by atoms with Gasteiger partial charge in [-0.3, -0.25) is 9.59 Å². The predicted octanol–water partition coefficient (Wildman–Crippen LogP) is 3.54. The molecule has 1 atom stereocenters. The molecule has 0 saturated carbocycles. The number of hydrogen-bond acceptors (Lipinski definition) is 4. The van der Waals surface area contributed by atoms with Crippen molar-refractivity contribution in [2.45, 2.75) is 33.2 Å². The molecule has 26 heavy (non-hydrogen) atoms. The Morgan fingerprint density at radius 1 is 1.15 bits per heavy atom. The summed E-state index contributed by atoms with van der Waals surface area (Å²) in [5, 5.41) is 16.4. The van der Waals surface area contributed by atoms with Crippen molar-refractivity contribution in [1.82, 2.24) is 5.32 Å². The van der Waals surface area contributed by atoms with Crippen LogP contribution in [0.5, 0.6) is 0 Å². The predicted molar refractivity (Wildman–Crippen MR) is 102 cm³/mol. The minimum atomic E-state index is -1.05. The molecule has 0 aliphatic rings. The third-order valence-electron chi connectivity index (χ3n) is 3.79. The van der Waals surface area contributed by atoms with Crippen LogP contribution >= 0.6 is 11.3 Å². The number of rotatable bonds is 7. The summed E-state index contributed by atoms with van der Waals surface area (Å²) in [6.45, 7) is 5.58. The van der Waals surface area contributed by atoms with Crippen LogP contribution in [0.15, 0.2) is 35.7 Å². The van der Waals surface area contributed by atoms with E-state index in [4.69, 9.17) is 0 Å². The van der Waals surface area contributed by atoms with Crippen LogP contribution < -0.4 is 10.6 Å². The van der Waals surface area contributed by atoms with E-state index in [1.54, 1.807) is 37.3 Å². The van der Waals surface area contributed by atoms with E-state index in [2.05, 4.69) is 10.6 Å². The van der Waals surface area contributed by atoms with E-state index in [-0.39, 0.29) is 11.8 Å². The molecule has 0 aliphatic heterocycles. The van der Waals surface area contributed by atoms with Gasteiger partial charge in [0, 0.05) is 11.3 Å². The zero-order chi connectivity index (χ0) is 19.3. The molecule has 2 rings (SSSR count). The second kappa shape index (κ2) is 8.62. The van der Waals surface area contributed by atoms with E-state index in [0.717, 1.165) is 5.56 Å². The van der Waals surface area contributed by atoms with E-state index in [1.165, 1.54) is 11.3 Å². The largest absolute Gasteiger partial charge is 0.480 e. The zero-order valence-electron chi connectivity index (χ0n) is 14.9. The van der Waals surface area contributed by atoms with Gasteiger partial charge in [-0.2, -0.15) is 0 Å². The molecule has 0 bridgehead atoms. The Labute approximate surface area is 156 Å². The van der Waals surface area contributed by atoms with Gasteiger partial charge >= 0.3 is 5.97 Å². The number of carboxylic acid groups (broad SMARTS) is 1. The number of hydrogen-bond donors (Lipinski definition) is 3. The van der Waals surface area contributed by atoms with Gasteiger partial charge in [0.2, 0.25) is 0 Å². The molecule has 2 aromatic rings. The average molecular weight is 374 g/mol. The molecule has 0 fully saturated rings. The summed E-state index contributed by atoms with van der Waals surface area (Å²) in [7, 11) is 0. The smallest absolute Gasteiger partial charge is 0.326 e. The Balaban J connectivity index is 2.09. The Kier molecular flexibility index (Phi) is 6.52. The monoisotopic (exact) mass is 374 g/mol. The van der Waals surface area contributed by atoms with E-state index in [1.807, 2.05) is 19.2 Å². The Morgan fingerprint density at radius 2 is 1.88 bits per heavy atom. The zero-order valence-corrected chi connectivity index (χ0v) is 15.7. The molecule has 0 saturated heterocycles. The highest BCUT2D eigenvalue weighted by Crippen LogP contribution is 2.19. The Hall–Kier alpha value is -2.67. The fourth-order valence-corrected chi connectivity index (χ4v) is 3.09. The van der Waals surface area contributed by atoms with Crippen LogP contribution in [0, 0.1) is 12.8 Å². The lowest BCUT2D eigenvalue weighted by Crippen LogP contribution is -2.41. The van der Waals surface area contributed by atoms with Crippen LogP contribution in [0.1, 0.15) is 45.9 Å². The molecule has 0 spiro atoms. The van der Waals surface area contributed by atoms with E-state index < -0.39 is 17.9 Å². The molecule has 7 heteroatoms.